The zero-order valence-electron chi connectivity index (χ0n) is 16.1. The van der Waals surface area contributed by atoms with Crippen molar-refractivity contribution >= 4 is 39.1 Å². The van der Waals surface area contributed by atoms with Crippen molar-refractivity contribution in [2.75, 3.05) is 17.2 Å². The van der Waals surface area contributed by atoms with Gasteiger partial charge in [-0.15, -0.1) is 0 Å². The summed E-state index contributed by atoms with van der Waals surface area (Å²) in [6.45, 7) is 8.15. The number of amides is 2. The van der Waals surface area contributed by atoms with Crippen LogP contribution < -0.4 is 15.4 Å². The van der Waals surface area contributed by atoms with Crippen LogP contribution in [-0.2, 0) is 4.79 Å². The Morgan fingerprint density at radius 1 is 1.11 bits per heavy atom. The number of benzene rings is 2. The number of carbonyl (C=O) groups is 2. The number of halogens is 1. The zero-order chi connectivity index (χ0) is 20.0. The molecule has 6 heteroatoms. The second kappa shape index (κ2) is 9.55. The Bertz CT molecular complexity index is 834. The predicted octanol–water partition coefficient (Wildman–Crippen LogP) is 5.39. The van der Waals surface area contributed by atoms with Crippen molar-refractivity contribution in [2.45, 2.75) is 34.1 Å². The molecular formula is C21H25BrN2O3. The zero-order valence-corrected chi connectivity index (χ0v) is 17.6. The number of rotatable bonds is 7. The van der Waals surface area contributed by atoms with Gasteiger partial charge in [0.1, 0.15) is 5.75 Å². The number of anilines is 2. The van der Waals surface area contributed by atoms with Gasteiger partial charge in [-0.25, -0.2) is 0 Å². The Morgan fingerprint density at radius 2 is 1.85 bits per heavy atom. The number of hydrogen-bond donors (Lipinski definition) is 2. The van der Waals surface area contributed by atoms with Crippen LogP contribution in [0.3, 0.4) is 0 Å². The lowest BCUT2D eigenvalue weighted by molar-refractivity contribution is -0.114. The maximum absolute atomic E-state index is 12.8. The molecule has 2 amide bonds. The van der Waals surface area contributed by atoms with Crippen LogP contribution in [0.2, 0.25) is 0 Å². The molecule has 0 radical (unpaired) electrons. The number of nitrogens with one attached hydrogen (secondary N) is 2. The molecule has 2 aromatic carbocycles. The summed E-state index contributed by atoms with van der Waals surface area (Å²) < 4.78 is 6.62. The second-order valence-electron chi connectivity index (χ2n) is 6.84. The number of hydrogen-bond acceptors (Lipinski definition) is 3. The van der Waals surface area contributed by atoms with Crippen LogP contribution in [0.4, 0.5) is 11.4 Å². The standard InChI is InChI=1S/C21H25BrN2O3/c1-13(2)9-10-27-20-8-6-16(22)11-18(20)21(26)24-17-7-5-14(3)19(12-17)23-15(4)25/h5-8,11-13H,9-10H2,1-4H3,(H,23,25)(H,24,26). The Hall–Kier alpha value is -2.34. The van der Waals surface area contributed by atoms with Gasteiger partial charge in [0, 0.05) is 22.8 Å². The lowest BCUT2D eigenvalue weighted by Crippen LogP contribution is -2.15. The fraction of sp³-hybridized carbons (Fsp3) is 0.333. The van der Waals surface area contributed by atoms with Crippen molar-refractivity contribution in [2.24, 2.45) is 5.92 Å². The highest BCUT2D eigenvalue weighted by Gasteiger charge is 2.15. The molecule has 2 rings (SSSR count). The number of carbonyl (C=O) groups excluding carboxylic acids is 2. The van der Waals surface area contributed by atoms with E-state index in [0.717, 1.165) is 16.5 Å². The third-order valence-corrected chi connectivity index (χ3v) is 4.44. The normalized spacial score (nSPS) is 10.6. The first kappa shape index (κ1) is 21.0. The van der Waals surface area contributed by atoms with E-state index in [0.29, 0.717) is 35.2 Å². The van der Waals surface area contributed by atoms with Gasteiger partial charge < -0.3 is 15.4 Å². The van der Waals surface area contributed by atoms with Gasteiger partial charge in [0.25, 0.3) is 5.91 Å². The molecule has 0 heterocycles. The lowest BCUT2D eigenvalue weighted by atomic mass is 10.1. The van der Waals surface area contributed by atoms with Crippen molar-refractivity contribution in [1.82, 2.24) is 0 Å². The van der Waals surface area contributed by atoms with Crippen LogP contribution in [-0.4, -0.2) is 18.4 Å². The van der Waals surface area contributed by atoms with E-state index < -0.39 is 0 Å². The van der Waals surface area contributed by atoms with Gasteiger partial charge in [-0.3, -0.25) is 9.59 Å². The van der Waals surface area contributed by atoms with Crippen LogP contribution in [0.15, 0.2) is 40.9 Å². The summed E-state index contributed by atoms with van der Waals surface area (Å²) in [7, 11) is 0. The molecule has 0 saturated heterocycles. The number of ether oxygens (including phenoxy) is 1. The molecular weight excluding hydrogens is 408 g/mol. The average molecular weight is 433 g/mol. The Kier molecular flexibility index (Phi) is 7.42. The lowest BCUT2D eigenvalue weighted by Gasteiger charge is -2.14. The van der Waals surface area contributed by atoms with Crippen LogP contribution in [0.5, 0.6) is 5.75 Å². The first-order chi connectivity index (χ1) is 12.8. The third-order valence-electron chi connectivity index (χ3n) is 3.95. The van der Waals surface area contributed by atoms with E-state index in [4.69, 9.17) is 4.74 Å². The highest BCUT2D eigenvalue weighted by molar-refractivity contribution is 9.10. The van der Waals surface area contributed by atoms with E-state index in [1.807, 2.05) is 19.1 Å². The van der Waals surface area contributed by atoms with Crippen molar-refractivity contribution in [1.29, 1.82) is 0 Å². The van der Waals surface area contributed by atoms with Crippen LogP contribution in [0, 0.1) is 12.8 Å². The summed E-state index contributed by atoms with van der Waals surface area (Å²) in [4.78, 5) is 24.1. The van der Waals surface area contributed by atoms with E-state index in [2.05, 4.69) is 40.4 Å². The number of aryl methyl sites for hydroxylation is 1. The molecule has 0 spiro atoms. The summed E-state index contributed by atoms with van der Waals surface area (Å²) in [5.74, 6) is 0.644. The molecule has 0 unspecified atom stereocenters. The highest BCUT2D eigenvalue weighted by Crippen LogP contribution is 2.26. The summed E-state index contributed by atoms with van der Waals surface area (Å²) in [6, 6.07) is 10.8. The van der Waals surface area contributed by atoms with Gasteiger partial charge in [0.15, 0.2) is 0 Å². The van der Waals surface area contributed by atoms with Gasteiger partial charge in [0.05, 0.1) is 12.2 Å². The minimum Gasteiger partial charge on any atom is -0.493 e. The Labute approximate surface area is 168 Å². The fourth-order valence-electron chi connectivity index (χ4n) is 2.43. The van der Waals surface area contributed by atoms with Crippen molar-refractivity contribution < 1.29 is 14.3 Å². The largest absolute Gasteiger partial charge is 0.493 e. The molecule has 27 heavy (non-hydrogen) atoms. The van der Waals surface area contributed by atoms with Crippen LogP contribution in [0.25, 0.3) is 0 Å². The van der Waals surface area contributed by atoms with E-state index >= 15 is 0 Å². The van der Waals surface area contributed by atoms with Gasteiger partial charge in [-0.2, -0.15) is 0 Å². The first-order valence-corrected chi connectivity index (χ1v) is 9.67. The van der Waals surface area contributed by atoms with Gasteiger partial charge >= 0.3 is 0 Å². The topological polar surface area (TPSA) is 67.4 Å². The Morgan fingerprint density at radius 3 is 2.52 bits per heavy atom. The minimum absolute atomic E-state index is 0.158. The smallest absolute Gasteiger partial charge is 0.259 e. The van der Waals surface area contributed by atoms with E-state index in [1.54, 1.807) is 24.3 Å². The molecule has 0 saturated carbocycles. The molecule has 144 valence electrons. The van der Waals surface area contributed by atoms with E-state index in [1.165, 1.54) is 6.92 Å². The summed E-state index contributed by atoms with van der Waals surface area (Å²) in [5.41, 5.74) is 2.64. The quantitative estimate of drug-likeness (QED) is 0.615. The van der Waals surface area contributed by atoms with E-state index in [9.17, 15) is 9.59 Å². The van der Waals surface area contributed by atoms with Crippen LogP contribution >= 0.6 is 15.9 Å². The SMILES string of the molecule is CC(=O)Nc1cc(NC(=O)c2cc(Br)ccc2OCCC(C)C)ccc1C. The molecule has 5 nitrogen and oxygen atoms in total. The molecule has 0 aliphatic rings. The summed E-state index contributed by atoms with van der Waals surface area (Å²) in [6.07, 6.45) is 0.912. The highest BCUT2D eigenvalue weighted by atomic mass is 79.9. The second-order valence-corrected chi connectivity index (χ2v) is 7.75. The maximum atomic E-state index is 12.8. The van der Waals surface area contributed by atoms with Gasteiger partial charge in [-0.05, 0) is 55.2 Å². The van der Waals surface area contributed by atoms with Crippen molar-refractivity contribution in [3.63, 3.8) is 0 Å². The fourth-order valence-corrected chi connectivity index (χ4v) is 2.79. The molecule has 0 aromatic heterocycles. The predicted molar refractivity (Wildman–Crippen MR) is 113 cm³/mol. The Balaban J connectivity index is 2.20. The van der Waals surface area contributed by atoms with E-state index in [-0.39, 0.29) is 11.8 Å². The van der Waals surface area contributed by atoms with Gasteiger partial charge in [0.2, 0.25) is 5.91 Å². The molecule has 2 N–H and O–H groups in total. The summed E-state index contributed by atoms with van der Waals surface area (Å²) >= 11 is 3.41. The summed E-state index contributed by atoms with van der Waals surface area (Å²) in [5, 5.41) is 5.64. The molecule has 0 bridgehead atoms. The van der Waals surface area contributed by atoms with Crippen molar-refractivity contribution in [3.05, 3.63) is 52.0 Å². The van der Waals surface area contributed by atoms with Gasteiger partial charge in [-0.1, -0.05) is 35.8 Å². The van der Waals surface area contributed by atoms with Crippen LogP contribution in [0.1, 0.15) is 43.1 Å². The molecule has 0 aliphatic carbocycles. The molecule has 0 fully saturated rings. The maximum Gasteiger partial charge on any atom is 0.259 e. The van der Waals surface area contributed by atoms with Crippen molar-refractivity contribution in [3.8, 4) is 5.75 Å². The molecule has 0 aliphatic heterocycles. The first-order valence-electron chi connectivity index (χ1n) is 8.88. The molecule has 0 atom stereocenters. The monoisotopic (exact) mass is 432 g/mol. The third kappa shape index (κ3) is 6.40. The average Bonchev–Trinajstić information content (AvgIpc) is 2.58. The molecule has 2 aromatic rings. The minimum atomic E-state index is -0.270.